The van der Waals surface area contributed by atoms with Crippen LogP contribution in [-0.4, -0.2) is 18.1 Å². The minimum Gasteiger partial charge on any atom is -0.405 e. The zero-order valence-corrected chi connectivity index (χ0v) is 9.81. The number of hydrogen-bond acceptors (Lipinski definition) is 2. The Labute approximate surface area is 99.2 Å². The molecule has 90 valence electrons. The number of halogens is 4. The zero-order chi connectivity index (χ0) is 12.2. The molecule has 0 radical (unpaired) electrons. The molecule has 0 aliphatic rings. The largest absolute Gasteiger partial charge is 0.573 e. The lowest BCUT2D eigenvalue weighted by atomic mass is 10.1. The van der Waals surface area contributed by atoms with E-state index in [4.69, 9.17) is 5.11 Å². The zero-order valence-electron chi connectivity index (χ0n) is 8.22. The number of hydrogen-bond donors (Lipinski definition) is 1. The molecule has 0 saturated heterocycles. The average Bonchev–Trinajstić information content (AvgIpc) is 2.17. The van der Waals surface area contributed by atoms with Gasteiger partial charge < -0.3 is 9.84 Å². The molecule has 1 aromatic rings. The van der Waals surface area contributed by atoms with E-state index in [1.54, 1.807) is 6.07 Å². The summed E-state index contributed by atoms with van der Waals surface area (Å²) in [5.41, 5.74) is 0.691. The Morgan fingerprint density at radius 2 is 2.00 bits per heavy atom. The van der Waals surface area contributed by atoms with Gasteiger partial charge in [-0.3, -0.25) is 0 Å². The SMILES string of the molecule is OCCCc1ccc(Br)c(OC(F)(F)F)c1. The molecular formula is C10H10BrF3O2. The molecule has 6 heteroatoms. The summed E-state index contributed by atoms with van der Waals surface area (Å²) in [4.78, 5) is 0. The van der Waals surface area contributed by atoms with Crippen LogP contribution in [0.2, 0.25) is 0 Å². The van der Waals surface area contributed by atoms with Crippen molar-refractivity contribution >= 4 is 15.9 Å². The van der Waals surface area contributed by atoms with E-state index in [2.05, 4.69) is 20.7 Å². The van der Waals surface area contributed by atoms with Crippen LogP contribution < -0.4 is 4.74 Å². The first-order chi connectivity index (χ1) is 7.42. The number of rotatable bonds is 4. The maximum absolute atomic E-state index is 12.0. The molecule has 2 nitrogen and oxygen atoms in total. The monoisotopic (exact) mass is 298 g/mol. The van der Waals surface area contributed by atoms with E-state index in [9.17, 15) is 13.2 Å². The minimum absolute atomic E-state index is 0.00548. The van der Waals surface area contributed by atoms with Crippen LogP contribution in [0.15, 0.2) is 22.7 Å². The molecule has 0 aliphatic carbocycles. The summed E-state index contributed by atoms with van der Waals surface area (Å²) in [6, 6.07) is 4.49. The van der Waals surface area contributed by atoms with Crippen molar-refractivity contribution in [2.24, 2.45) is 0 Å². The van der Waals surface area contributed by atoms with Gasteiger partial charge in [0.1, 0.15) is 5.75 Å². The Kier molecular flexibility index (Phi) is 4.61. The van der Waals surface area contributed by atoms with E-state index >= 15 is 0 Å². The predicted octanol–water partition coefficient (Wildman–Crippen LogP) is 3.27. The van der Waals surface area contributed by atoms with Crippen LogP contribution in [0.3, 0.4) is 0 Å². The number of benzene rings is 1. The molecule has 1 N–H and O–H groups in total. The summed E-state index contributed by atoms with van der Waals surface area (Å²) in [6.45, 7) is 0.00548. The van der Waals surface area contributed by atoms with Gasteiger partial charge >= 0.3 is 6.36 Å². The summed E-state index contributed by atoms with van der Waals surface area (Å²) in [5, 5.41) is 8.62. The van der Waals surface area contributed by atoms with Crippen LogP contribution >= 0.6 is 15.9 Å². The highest BCUT2D eigenvalue weighted by Gasteiger charge is 2.31. The van der Waals surface area contributed by atoms with Crippen LogP contribution in [0.1, 0.15) is 12.0 Å². The van der Waals surface area contributed by atoms with Gasteiger partial charge in [-0.05, 0) is 46.5 Å². The maximum Gasteiger partial charge on any atom is 0.573 e. The summed E-state index contributed by atoms with van der Waals surface area (Å²) >= 11 is 2.98. The number of ether oxygens (including phenoxy) is 1. The molecule has 0 unspecified atom stereocenters. The summed E-state index contributed by atoms with van der Waals surface area (Å²) in [7, 11) is 0. The van der Waals surface area contributed by atoms with Crippen molar-refractivity contribution in [1.82, 2.24) is 0 Å². The van der Waals surface area contributed by atoms with Gasteiger partial charge in [0, 0.05) is 6.61 Å². The molecule has 0 amide bonds. The molecule has 0 saturated carbocycles. The second-order valence-electron chi connectivity index (χ2n) is 3.14. The summed E-state index contributed by atoms with van der Waals surface area (Å²) < 4.78 is 40.2. The van der Waals surface area contributed by atoms with Crippen LogP contribution in [0.4, 0.5) is 13.2 Å². The average molecular weight is 299 g/mol. The lowest BCUT2D eigenvalue weighted by Gasteiger charge is -2.11. The highest BCUT2D eigenvalue weighted by molar-refractivity contribution is 9.10. The number of alkyl halides is 3. The topological polar surface area (TPSA) is 29.5 Å². The van der Waals surface area contributed by atoms with Crippen LogP contribution in [0, 0.1) is 0 Å². The van der Waals surface area contributed by atoms with Crippen LogP contribution in [0.5, 0.6) is 5.75 Å². The smallest absolute Gasteiger partial charge is 0.405 e. The molecule has 16 heavy (non-hydrogen) atoms. The highest BCUT2D eigenvalue weighted by atomic mass is 79.9. The minimum atomic E-state index is -4.70. The molecule has 0 bridgehead atoms. The molecule has 1 aromatic carbocycles. The van der Waals surface area contributed by atoms with Crippen molar-refractivity contribution in [3.63, 3.8) is 0 Å². The maximum atomic E-state index is 12.0. The summed E-state index contributed by atoms with van der Waals surface area (Å²) in [5.74, 6) is -0.261. The third kappa shape index (κ3) is 4.40. The van der Waals surface area contributed by atoms with Crippen LogP contribution in [0.25, 0.3) is 0 Å². The van der Waals surface area contributed by atoms with Crippen molar-refractivity contribution in [2.45, 2.75) is 19.2 Å². The molecule has 0 heterocycles. The molecule has 0 aromatic heterocycles. The van der Waals surface area contributed by atoms with E-state index in [1.165, 1.54) is 12.1 Å². The Morgan fingerprint density at radius 1 is 1.31 bits per heavy atom. The normalized spacial score (nSPS) is 11.6. The molecule has 0 spiro atoms. The first-order valence-electron chi connectivity index (χ1n) is 4.57. The number of aliphatic hydroxyl groups excluding tert-OH is 1. The molecule has 1 rings (SSSR count). The third-order valence-corrected chi connectivity index (χ3v) is 2.50. The van der Waals surface area contributed by atoms with Crippen molar-refractivity contribution < 1.29 is 23.0 Å². The lowest BCUT2D eigenvalue weighted by Crippen LogP contribution is -2.17. The van der Waals surface area contributed by atoms with Gasteiger partial charge in [-0.1, -0.05) is 6.07 Å². The first-order valence-corrected chi connectivity index (χ1v) is 5.36. The van der Waals surface area contributed by atoms with Crippen molar-refractivity contribution in [1.29, 1.82) is 0 Å². The van der Waals surface area contributed by atoms with Gasteiger partial charge in [-0.25, -0.2) is 0 Å². The number of aryl methyl sites for hydroxylation is 1. The van der Waals surface area contributed by atoms with E-state index in [-0.39, 0.29) is 16.8 Å². The third-order valence-electron chi connectivity index (χ3n) is 1.84. The highest BCUT2D eigenvalue weighted by Crippen LogP contribution is 2.31. The predicted molar refractivity (Wildman–Crippen MR) is 56.2 cm³/mol. The van der Waals surface area contributed by atoms with Gasteiger partial charge in [0.05, 0.1) is 4.47 Å². The second kappa shape index (κ2) is 5.54. The van der Waals surface area contributed by atoms with Crippen molar-refractivity contribution in [2.75, 3.05) is 6.61 Å². The van der Waals surface area contributed by atoms with Crippen LogP contribution in [-0.2, 0) is 6.42 Å². The molecule has 0 fully saturated rings. The Hall–Kier alpha value is -0.750. The van der Waals surface area contributed by atoms with E-state index in [1.807, 2.05) is 0 Å². The number of aliphatic hydroxyl groups is 1. The fourth-order valence-electron chi connectivity index (χ4n) is 1.19. The van der Waals surface area contributed by atoms with E-state index in [0.717, 1.165) is 0 Å². The molecule has 0 atom stereocenters. The van der Waals surface area contributed by atoms with E-state index in [0.29, 0.717) is 18.4 Å². The van der Waals surface area contributed by atoms with Gasteiger partial charge in [-0.15, -0.1) is 13.2 Å². The van der Waals surface area contributed by atoms with Crippen molar-refractivity contribution in [3.8, 4) is 5.75 Å². The Bertz CT molecular complexity index is 352. The summed E-state index contributed by atoms with van der Waals surface area (Å²) in [6.07, 6.45) is -3.68. The quantitative estimate of drug-likeness (QED) is 0.924. The van der Waals surface area contributed by atoms with Gasteiger partial charge in [0.15, 0.2) is 0 Å². The van der Waals surface area contributed by atoms with Gasteiger partial charge in [0.2, 0.25) is 0 Å². The lowest BCUT2D eigenvalue weighted by molar-refractivity contribution is -0.274. The fourth-order valence-corrected chi connectivity index (χ4v) is 1.52. The van der Waals surface area contributed by atoms with Gasteiger partial charge in [-0.2, -0.15) is 0 Å². The Balaban J connectivity index is 2.82. The standard InChI is InChI=1S/C10H10BrF3O2/c11-8-4-3-7(2-1-5-15)6-9(8)16-10(12,13)14/h3-4,6,15H,1-2,5H2. The molecule has 0 aliphatic heterocycles. The molecular weight excluding hydrogens is 289 g/mol. The fraction of sp³-hybridized carbons (Fsp3) is 0.400. The first kappa shape index (κ1) is 13.3. The van der Waals surface area contributed by atoms with Crippen molar-refractivity contribution in [3.05, 3.63) is 28.2 Å². The second-order valence-corrected chi connectivity index (χ2v) is 3.99. The Morgan fingerprint density at radius 3 is 2.56 bits per heavy atom. The van der Waals surface area contributed by atoms with Gasteiger partial charge in [0.25, 0.3) is 0 Å². The van der Waals surface area contributed by atoms with E-state index < -0.39 is 6.36 Å².